The monoisotopic (exact) mass is 403 g/mol. The number of rotatable bonds is 5. The summed E-state index contributed by atoms with van der Waals surface area (Å²) in [5.41, 5.74) is 3.76. The molecule has 4 rings (SSSR count). The van der Waals surface area contributed by atoms with E-state index in [1.807, 2.05) is 36.4 Å². The van der Waals surface area contributed by atoms with Gasteiger partial charge in [0.15, 0.2) is 5.69 Å². The van der Waals surface area contributed by atoms with Gasteiger partial charge < -0.3 is 4.90 Å². The molecule has 1 atom stereocenters. The first-order valence-electron chi connectivity index (χ1n) is 9.42. The van der Waals surface area contributed by atoms with E-state index in [4.69, 9.17) is 6.57 Å². The van der Waals surface area contributed by atoms with E-state index in [2.05, 4.69) is 26.6 Å². The highest BCUT2D eigenvalue weighted by atomic mass is 32.2. The van der Waals surface area contributed by atoms with Gasteiger partial charge in [0, 0.05) is 24.8 Å². The van der Waals surface area contributed by atoms with Crippen LogP contribution in [0.5, 0.6) is 0 Å². The summed E-state index contributed by atoms with van der Waals surface area (Å²) >= 11 is 0. The second-order valence-electron chi connectivity index (χ2n) is 7.13. The normalized spacial score (nSPS) is 16.1. The van der Waals surface area contributed by atoms with Crippen molar-refractivity contribution in [2.24, 2.45) is 0 Å². The molecule has 146 valence electrons. The summed E-state index contributed by atoms with van der Waals surface area (Å²) in [6, 6.07) is 23.9. The zero-order valence-electron chi connectivity index (χ0n) is 15.8. The summed E-state index contributed by atoms with van der Waals surface area (Å²) in [4.78, 5) is 5.97. The molecule has 1 heterocycles. The first kappa shape index (κ1) is 19.2. The van der Waals surface area contributed by atoms with Gasteiger partial charge in [-0.05, 0) is 35.7 Å². The summed E-state index contributed by atoms with van der Waals surface area (Å²) in [7, 11) is -3.61. The van der Waals surface area contributed by atoms with Crippen LogP contribution < -0.4 is 9.62 Å². The number of hydrogen-bond donors (Lipinski definition) is 1. The molecule has 1 N–H and O–H groups in total. The summed E-state index contributed by atoms with van der Waals surface area (Å²) in [6.07, 6.45) is 0.552. The molecule has 0 bridgehead atoms. The lowest BCUT2D eigenvalue weighted by atomic mass is 9.97. The minimum atomic E-state index is -3.61. The standard InChI is InChI=1S/C23H21N3O2S/c1-24-20-12-13-23-19(14-20)15-21(17-26(23)16-18-8-4-2-5-9-18)25-29(27,28)22-10-6-3-7-11-22/h2-14,21,25H,15-17H2. The van der Waals surface area contributed by atoms with Crippen molar-refractivity contribution in [1.82, 2.24) is 4.72 Å². The first-order chi connectivity index (χ1) is 14.0. The molecule has 0 aliphatic carbocycles. The predicted octanol–water partition coefficient (Wildman–Crippen LogP) is 4.15. The van der Waals surface area contributed by atoms with Crippen molar-refractivity contribution in [1.29, 1.82) is 0 Å². The second-order valence-corrected chi connectivity index (χ2v) is 8.84. The molecule has 0 radical (unpaired) electrons. The van der Waals surface area contributed by atoms with E-state index in [9.17, 15) is 8.42 Å². The largest absolute Gasteiger partial charge is 0.365 e. The zero-order valence-corrected chi connectivity index (χ0v) is 16.6. The molecule has 5 nitrogen and oxygen atoms in total. The SMILES string of the molecule is [C-]#[N+]c1ccc2c(c1)CC(NS(=O)(=O)c1ccccc1)CN2Cc1ccccc1. The van der Waals surface area contributed by atoms with Gasteiger partial charge in [0.25, 0.3) is 0 Å². The Morgan fingerprint density at radius 3 is 2.38 bits per heavy atom. The van der Waals surface area contributed by atoms with Gasteiger partial charge in [0.2, 0.25) is 10.0 Å². The molecule has 3 aromatic carbocycles. The van der Waals surface area contributed by atoms with Crippen molar-refractivity contribution in [2.75, 3.05) is 11.4 Å². The number of nitrogens with zero attached hydrogens (tertiary/aromatic N) is 2. The average Bonchev–Trinajstić information content (AvgIpc) is 2.74. The Morgan fingerprint density at radius 1 is 1.00 bits per heavy atom. The Hall–Kier alpha value is -3.14. The lowest BCUT2D eigenvalue weighted by molar-refractivity contribution is 0.525. The Balaban J connectivity index is 1.64. The van der Waals surface area contributed by atoms with E-state index in [0.29, 0.717) is 25.2 Å². The fraction of sp³-hybridized carbons (Fsp3) is 0.174. The number of anilines is 1. The Bertz CT molecular complexity index is 1140. The van der Waals surface area contributed by atoms with Crippen LogP contribution in [-0.4, -0.2) is 21.0 Å². The highest BCUT2D eigenvalue weighted by Gasteiger charge is 2.28. The van der Waals surface area contributed by atoms with Gasteiger partial charge in [-0.1, -0.05) is 60.7 Å². The molecule has 0 saturated carbocycles. The fourth-order valence-electron chi connectivity index (χ4n) is 3.73. The van der Waals surface area contributed by atoms with Crippen molar-refractivity contribution < 1.29 is 8.42 Å². The molecule has 3 aromatic rings. The van der Waals surface area contributed by atoms with Crippen molar-refractivity contribution in [3.8, 4) is 0 Å². The third kappa shape index (κ3) is 4.32. The molecular formula is C23H21N3O2S. The van der Waals surface area contributed by atoms with E-state index in [1.165, 1.54) is 0 Å². The minimum absolute atomic E-state index is 0.260. The molecule has 0 saturated heterocycles. The van der Waals surface area contributed by atoms with E-state index in [0.717, 1.165) is 16.8 Å². The summed E-state index contributed by atoms with van der Waals surface area (Å²) in [5.74, 6) is 0. The van der Waals surface area contributed by atoms with Crippen molar-refractivity contribution in [3.63, 3.8) is 0 Å². The van der Waals surface area contributed by atoms with Gasteiger partial charge in [0.1, 0.15) is 0 Å². The summed E-state index contributed by atoms with van der Waals surface area (Å²) < 4.78 is 28.5. The molecular weight excluding hydrogens is 382 g/mol. The quantitative estimate of drug-likeness (QED) is 0.651. The predicted molar refractivity (Wildman–Crippen MR) is 114 cm³/mol. The molecule has 0 fully saturated rings. The smallest absolute Gasteiger partial charge is 0.240 e. The average molecular weight is 404 g/mol. The van der Waals surface area contributed by atoms with Crippen LogP contribution in [0.25, 0.3) is 4.85 Å². The maximum Gasteiger partial charge on any atom is 0.240 e. The van der Waals surface area contributed by atoms with Gasteiger partial charge in [-0.2, -0.15) is 0 Å². The third-order valence-corrected chi connectivity index (χ3v) is 6.57. The van der Waals surface area contributed by atoms with Gasteiger partial charge in [-0.25, -0.2) is 18.0 Å². The molecule has 1 aliphatic heterocycles. The van der Waals surface area contributed by atoms with Gasteiger partial charge >= 0.3 is 0 Å². The Kier molecular flexibility index (Phi) is 5.34. The van der Waals surface area contributed by atoms with Gasteiger partial charge in [0.05, 0.1) is 11.5 Å². The van der Waals surface area contributed by atoms with Crippen LogP contribution in [-0.2, 0) is 23.0 Å². The number of sulfonamides is 1. The molecule has 1 unspecified atom stereocenters. The van der Waals surface area contributed by atoms with E-state index < -0.39 is 10.0 Å². The highest BCUT2D eigenvalue weighted by Crippen LogP contribution is 2.32. The van der Waals surface area contributed by atoms with Crippen LogP contribution in [0.2, 0.25) is 0 Å². The summed E-state index contributed by atoms with van der Waals surface area (Å²) in [6.45, 7) is 8.53. The maximum atomic E-state index is 12.8. The number of fused-ring (bicyclic) bond motifs is 1. The lowest BCUT2D eigenvalue weighted by Gasteiger charge is -2.36. The fourth-order valence-corrected chi connectivity index (χ4v) is 4.98. The van der Waals surface area contributed by atoms with Crippen LogP contribution in [0.4, 0.5) is 11.4 Å². The van der Waals surface area contributed by atoms with E-state index >= 15 is 0 Å². The van der Waals surface area contributed by atoms with Crippen molar-refractivity contribution in [2.45, 2.75) is 23.9 Å². The minimum Gasteiger partial charge on any atom is -0.365 e. The first-order valence-corrected chi connectivity index (χ1v) is 10.9. The summed E-state index contributed by atoms with van der Waals surface area (Å²) in [5, 5.41) is 0. The van der Waals surface area contributed by atoms with Gasteiger partial charge in [-0.3, -0.25) is 0 Å². The highest BCUT2D eigenvalue weighted by molar-refractivity contribution is 7.89. The van der Waals surface area contributed by atoms with Crippen LogP contribution in [0.1, 0.15) is 11.1 Å². The molecule has 0 amide bonds. The Morgan fingerprint density at radius 2 is 1.69 bits per heavy atom. The van der Waals surface area contributed by atoms with Crippen molar-refractivity contribution in [3.05, 3.63) is 101 Å². The second kappa shape index (κ2) is 8.08. The topological polar surface area (TPSA) is 53.8 Å². The van der Waals surface area contributed by atoms with Crippen LogP contribution in [0.3, 0.4) is 0 Å². The Labute approximate surface area is 171 Å². The zero-order chi connectivity index (χ0) is 20.3. The third-order valence-electron chi connectivity index (χ3n) is 5.03. The van der Waals surface area contributed by atoms with Crippen LogP contribution in [0, 0.1) is 6.57 Å². The molecule has 29 heavy (non-hydrogen) atoms. The molecule has 6 heteroatoms. The number of benzene rings is 3. The number of hydrogen-bond acceptors (Lipinski definition) is 3. The van der Waals surface area contributed by atoms with E-state index in [1.54, 1.807) is 30.3 Å². The molecule has 0 aromatic heterocycles. The molecule has 0 spiro atoms. The molecule has 1 aliphatic rings. The maximum absolute atomic E-state index is 12.8. The van der Waals surface area contributed by atoms with E-state index in [-0.39, 0.29) is 10.9 Å². The number of nitrogens with one attached hydrogen (secondary N) is 1. The van der Waals surface area contributed by atoms with Crippen molar-refractivity contribution >= 4 is 21.4 Å². The lowest BCUT2D eigenvalue weighted by Crippen LogP contribution is -2.48. The van der Waals surface area contributed by atoms with Gasteiger partial charge in [-0.15, -0.1) is 0 Å². The van der Waals surface area contributed by atoms with Crippen LogP contribution >= 0.6 is 0 Å². The van der Waals surface area contributed by atoms with Crippen LogP contribution in [0.15, 0.2) is 83.8 Å².